The van der Waals surface area contributed by atoms with Crippen LogP contribution in [0, 0.1) is 0 Å². The second-order valence-electron chi connectivity index (χ2n) is 2.73. The minimum absolute atomic E-state index is 0.356. The van der Waals surface area contributed by atoms with Gasteiger partial charge in [-0.2, -0.15) is 0 Å². The summed E-state index contributed by atoms with van der Waals surface area (Å²) in [6, 6.07) is 2.04. The number of rotatable bonds is 2. The Bertz CT molecular complexity index is 288. The zero-order valence-electron chi connectivity index (χ0n) is 7.04. The SMILES string of the molecule is CC(=Cc1cc(Br)cs1)C(C)O. The molecule has 0 aromatic carbocycles. The smallest absolute Gasteiger partial charge is 0.0722 e. The predicted molar refractivity (Wildman–Crippen MR) is 57.4 cm³/mol. The van der Waals surface area contributed by atoms with Crippen molar-refractivity contribution in [3.63, 3.8) is 0 Å². The van der Waals surface area contributed by atoms with Crippen LogP contribution in [0.3, 0.4) is 0 Å². The largest absolute Gasteiger partial charge is 0.389 e. The molecule has 3 heteroatoms. The van der Waals surface area contributed by atoms with E-state index in [0.717, 1.165) is 10.0 Å². The molecule has 0 aliphatic carbocycles. The zero-order chi connectivity index (χ0) is 9.14. The number of hydrogen-bond acceptors (Lipinski definition) is 2. The molecule has 0 saturated heterocycles. The van der Waals surface area contributed by atoms with E-state index in [0.29, 0.717) is 0 Å². The van der Waals surface area contributed by atoms with Gasteiger partial charge in [-0.1, -0.05) is 0 Å². The molecular weight excluding hydrogens is 236 g/mol. The molecule has 1 nitrogen and oxygen atoms in total. The Kier molecular flexibility index (Phi) is 3.50. The summed E-state index contributed by atoms with van der Waals surface area (Å²) in [7, 11) is 0. The average Bonchev–Trinajstić information content (AvgIpc) is 2.35. The first-order valence-corrected chi connectivity index (χ1v) is 5.37. The number of aliphatic hydroxyl groups excluding tert-OH is 1. The van der Waals surface area contributed by atoms with E-state index in [1.54, 1.807) is 18.3 Å². The summed E-state index contributed by atoms with van der Waals surface area (Å²) >= 11 is 5.04. The molecule has 66 valence electrons. The van der Waals surface area contributed by atoms with Crippen molar-refractivity contribution in [3.05, 3.63) is 26.4 Å². The molecular formula is C9H11BrOS. The highest BCUT2D eigenvalue weighted by molar-refractivity contribution is 9.10. The van der Waals surface area contributed by atoms with E-state index in [2.05, 4.69) is 15.9 Å². The second kappa shape index (κ2) is 4.21. The van der Waals surface area contributed by atoms with Crippen LogP contribution < -0.4 is 0 Å². The summed E-state index contributed by atoms with van der Waals surface area (Å²) in [5.41, 5.74) is 0.990. The predicted octanol–water partition coefficient (Wildman–Crippen LogP) is 3.29. The van der Waals surface area contributed by atoms with Crippen LogP contribution in [0.15, 0.2) is 21.5 Å². The monoisotopic (exact) mass is 246 g/mol. The van der Waals surface area contributed by atoms with Crippen LogP contribution in [-0.4, -0.2) is 11.2 Å². The van der Waals surface area contributed by atoms with Crippen molar-refractivity contribution in [2.45, 2.75) is 20.0 Å². The van der Waals surface area contributed by atoms with Crippen LogP contribution in [0.2, 0.25) is 0 Å². The highest BCUT2D eigenvalue weighted by Crippen LogP contribution is 2.22. The molecule has 1 rings (SSSR count). The van der Waals surface area contributed by atoms with Gasteiger partial charge >= 0.3 is 0 Å². The van der Waals surface area contributed by atoms with Crippen molar-refractivity contribution in [1.29, 1.82) is 0 Å². The maximum Gasteiger partial charge on any atom is 0.0722 e. The third kappa shape index (κ3) is 2.73. The Labute approximate surface area is 84.9 Å². The van der Waals surface area contributed by atoms with E-state index in [-0.39, 0.29) is 6.10 Å². The Hall–Kier alpha value is -0.120. The van der Waals surface area contributed by atoms with Crippen LogP contribution in [0.5, 0.6) is 0 Å². The Balaban J connectivity index is 2.80. The maximum absolute atomic E-state index is 9.21. The molecule has 0 amide bonds. The van der Waals surface area contributed by atoms with Crippen molar-refractivity contribution in [2.75, 3.05) is 0 Å². The van der Waals surface area contributed by atoms with E-state index in [1.807, 2.05) is 24.4 Å². The molecule has 0 aliphatic heterocycles. The minimum atomic E-state index is -0.356. The van der Waals surface area contributed by atoms with E-state index in [9.17, 15) is 5.11 Å². The summed E-state index contributed by atoms with van der Waals surface area (Å²) in [5.74, 6) is 0. The molecule has 0 fully saturated rings. The Morgan fingerprint density at radius 2 is 2.42 bits per heavy atom. The lowest BCUT2D eigenvalue weighted by Crippen LogP contribution is -1.99. The quantitative estimate of drug-likeness (QED) is 0.850. The standard InChI is InChI=1S/C9H11BrOS/c1-6(7(2)11)3-9-4-8(10)5-12-9/h3-5,7,11H,1-2H3. The van der Waals surface area contributed by atoms with Gasteiger partial charge in [0.05, 0.1) is 6.10 Å². The molecule has 0 bridgehead atoms. The van der Waals surface area contributed by atoms with Gasteiger partial charge in [0, 0.05) is 14.7 Å². The fourth-order valence-corrected chi connectivity index (χ4v) is 2.19. The van der Waals surface area contributed by atoms with Gasteiger partial charge in [-0.25, -0.2) is 0 Å². The molecule has 0 saturated carbocycles. The molecule has 1 unspecified atom stereocenters. The Morgan fingerprint density at radius 3 is 2.83 bits per heavy atom. The van der Waals surface area contributed by atoms with Crippen molar-refractivity contribution < 1.29 is 5.11 Å². The normalized spacial score (nSPS) is 14.8. The molecule has 1 aromatic rings. The van der Waals surface area contributed by atoms with Gasteiger partial charge in [-0.15, -0.1) is 11.3 Å². The fraction of sp³-hybridized carbons (Fsp3) is 0.333. The third-order valence-corrected chi connectivity index (χ3v) is 3.26. The molecule has 1 N–H and O–H groups in total. The molecule has 0 spiro atoms. The lowest BCUT2D eigenvalue weighted by molar-refractivity contribution is 0.232. The van der Waals surface area contributed by atoms with E-state index >= 15 is 0 Å². The topological polar surface area (TPSA) is 20.2 Å². The van der Waals surface area contributed by atoms with Gasteiger partial charge in [0.25, 0.3) is 0 Å². The van der Waals surface area contributed by atoms with Crippen LogP contribution in [-0.2, 0) is 0 Å². The van der Waals surface area contributed by atoms with Crippen LogP contribution in [0.25, 0.3) is 6.08 Å². The summed E-state index contributed by atoms with van der Waals surface area (Å²) in [4.78, 5) is 1.17. The summed E-state index contributed by atoms with van der Waals surface area (Å²) < 4.78 is 1.09. The number of thiophene rings is 1. The minimum Gasteiger partial charge on any atom is -0.389 e. The summed E-state index contributed by atoms with van der Waals surface area (Å²) in [5, 5.41) is 11.2. The van der Waals surface area contributed by atoms with Crippen LogP contribution in [0.4, 0.5) is 0 Å². The molecule has 1 heterocycles. The highest BCUT2D eigenvalue weighted by Gasteiger charge is 1.99. The highest BCUT2D eigenvalue weighted by atomic mass is 79.9. The first kappa shape index (κ1) is 9.96. The van der Waals surface area contributed by atoms with E-state index in [4.69, 9.17) is 0 Å². The molecule has 12 heavy (non-hydrogen) atoms. The van der Waals surface area contributed by atoms with Crippen molar-refractivity contribution in [3.8, 4) is 0 Å². The number of hydrogen-bond donors (Lipinski definition) is 1. The maximum atomic E-state index is 9.21. The summed E-state index contributed by atoms with van der Waals surface area (Å²) in [6.07, 6.45) is 1.64. The Morgan fingerprint density at radius 1 is 1.75 bits per heavy atom. The van der Waals surface area contributed by atoms with Gasteiger partial charge in [0.1, 0.15) is 0 Å². The van der Waals surface area contributed by atoms with Gasteiger partial charge in [0.15, 0.2) is 0 Å². The van der Waals surface area contributed by atoms with Crippen LogP contribution >= 0.6 is 27.3 Å². The van der Waals surface area contributed by atoms with Crippen molar-refractivity contribution in [1.82, 2.24) is 0 Å². The van der Waals surface area contributed by atoms with E-state index < -0.39 is 0 Å². The van der Waals surface area contributed by atoms with Crippen molar-refractivity contribution >= 4 is 33.3 Å². The fourth-order valence-electron chi connectivity index (χ4n) is 0.749. The van der Waals surface area contributed by atoms with Crippen molar-refractivity contribution in [2.24, 2.45) is 0 Å². The molecule has 1 aromatic heterocycles. The lowest BCUT2D eigenvalue weighted by Gasteiger charge is -2.01. The van der Waals surface area contributed by atoms with Gasteiger partial charge in [-0.05, 0) is 47.5 Å². The molecule has 1 atom stereocenters. The molecule has 0 aliphatic rings. The van der Waals surface area contributed by atoms with Gasteiger partial charge in [-0.3, -0.25) is 0 Å². The summed E-state index contributed by atoms with van der Waals surface area (Å²) in [6.45, 7) is 3.70. The van der Waals surface area contributed by atoms with E-state index in [1.165, 1.54) is 4.88 Å². The van der Waals surface area contributed by atoms with Gasteiger partial charge in [0.2, 0.25) is 0 Å². The zero-order valence-corrected chi connectivity index (χ0v) is 9.45. The number of halogens is 1. The first-order chi connectivity index (χ1) is 5.59. The second-order valence-corrected chi connectivity index (χ2v) is 4.59. The molecule has 0 radical (unpaired) electrons. The lowest BCUT2D eigenvalue weighted by atomic mass is 10.2. The third-order valence-electron chi connectivity index (χ3n) is 1.62. The number of aliphatic hydroxyl groups is 1. The van der Waals surface area contributed by atoms with Gasteiger partial charge < -0.3 is 5.11 Å². The first-order valence-electron chi connectivity index (χ1n) is 3.70. The van der Waals surface area contributed by atoms with Crippen LogP contribution in [0.1, 0.15) is 18.7 Å². The average molecular weight is 247 g/mol.